The van der Waals surface area contributed by atoms with Crippen LogP contribution in [0.1, 0.15) is 17.2 Å². The fourth-order valence-corrected chi connectivity index (χ4v) is 1.70. The molecule has 1 N–H and O–H groups in total. The highest BCUT2D eigenvalue weighted by molar-refractivity contribution is 5.87. The molecular formula is C13H14O4. The normalized spacial score (nSPS) is 22.7. The van der Waals surface area contributed by atoms with Gasteiger partial charge in [-0.15, -0.1) is 0 Å². The molecule has 2 rings (SSSR count). The Morgan fingerprint density at radius 2 is 2.29 bits per heavy atom. The first-order valence-electron chi connectivity index (χ1n) is 5.37. The zero-order valence-corrected chi connectivity index (χ0v) is 9.50. The predicted octanol–water partition coefficient (Wildman–Crippen LogP) is 1.30. The SMILES string of the molecule is COC(=O)/C=C/c1ccccc1[C@@H]1O[C@H]1CO. The van der Waals surface area contributed by atoms with Crippen molar-refractivity contribution >= 4 is 12.0 Å². The zero-order chi connectivity index (χ0) is 12.3. The van der Waals surface area contributed by atoms with Gasteiger partial charge in [0.15, 0.2) is 0 Å². The summed E-state index contributed by atoms with van der Waals surface area (Å²) in [5.74, 6) is -0.393. The van der Waals surface area contributed by atoms with Crippen molar-refractivity contribution in [3.63, 3.8) is 0 Å². The number of methoxy groups -OCH3 is 1. The standard InChI is InChI=1S/C13H14O4/c1-16-12(15)7-6-9-4-2-3-5-10(9)13-11(8-14)17-13/h2-7,11,13-14H,8H2,1H3/b7-6+/t11-,13-/m0/s1. The molecule has 0 aromatic heterocycles. The van der Waals surface area contributed by atoms with Crippen molar-refractivity contribution in [3.8, 4) is 0 Å². The summed E-state index contributed by atoms with van der Waals surface area (Å²) >= 11 is 0. The highest BCUT2D eigenvalue weighted by Crippen LogP contribution is 2.40. The van der Waals surface area contributed by atoms with E-state index in [0.29, 0.717) is 0 Å². The van der Waals surface area contributed by atoms with Gasteiger partial charge in [-0.1, -0.05) is 24.3 Å². The van der Waals surface area contributed by atoms with Gasteiger partial charge < -0.3 is 14.6 Å². The van der Waals surface area contributed by atoms with Gasteiger partial charge in [0, 0.05) is 6.08 Å². The van der Waals surface area contributed by atoms with Gasteiger partial charge >= 0.3 is 5.97 Å². The Morgan fingerprint density at radius 1 is 1.53 bits per heavy atom. The van der Waals surface area contributed by atoms with Gasteiger partial charge in [-0.3, -0.25) is 0 Å². The van der Waals surface area contributed by atoms with E-state index in [4.69, 9.17) is 9.84 Å². The predicted molar refractivity (Wildman–Crippen MR) is 62.2 cm³/mol. The van der Waals surface area contributed by atoms with Crippen LogP contribution in [0, 0.1) is 0 Å². The van der Waals surface area contributed by atoms with Crippen LogP contribution in [0.2, 0.25) is 0 Å². The van der Waals surface area contributed by atoms with E-state index in [9.17, 15) is 4.79 Å². The first-order valence-corrected chi connectivity index (χ1v) is 5.37. The molecule has 0 aliphatic carbocycles. The molecule has 4 nitrogen and oxygen atoms in total. The molecule has 1 aliphatic heterocycles. The van der Waals surface area contributed by atoms with Crippen LogP contribution >= 0.6 is 0 Å². The summed E-state index contributed by atoms with van der Waals surface area (Å²) in [4.78, 5) is 11.0. The van der Waals surface area contributed by atoms with Crippen molar-refractivity contribution in [1.29, 1.82) is 0 Å². The van der Waals surface area contributed by atoms with Gasteiger partial charge in [-0.05, 0) is 17.2 Å². The van der Waals surface area contributed by atoms with Gasteiger partial charge in [0.2, 0.25) is 0 Å². The zero-order valence-electron chi connectivity index (χ0n) is 9.50. The summed E-state index contributed by atoms with van der Waals surface area (Å²) in [6.07, 6.45) is 2.87. The van der Waals surface area contributed by atoms with Crippen molar-refractivity contribution < 1.29 is 19.4 Å². The molecule has 1 aromatic carbocycles. The van der Waals surface area contributed by atoms with E-state index in [0.717, 1.165) is 11.1 Å². The van der Waals surface area contributed by atoms with Crippen molar-refractivity contribution in [2.24, 2.45) is 0 Å². The largest absolute Gasteiger partial charge is 0.466 e. The van der Waals surface area contributed by atoms with Crippen LogP contribution in [0.5, 0.6) is 0 Å². The van der Waals surface area contributed by atoms with Crippen LogP contribution < -0.4 is 0 Å². The summed E-state index contributed by atoms with van der Waals surface area (Å²) in [6, 6.07) is 7.61. The number of esters is 1. The van der Waals surface area contributed by atoms with Gasteiger partial charge in [0.25, 0.3) is 0 Å². The molecule has 0 radical (unpaired) electrons. The number of rotatable bonds is 4. The minimum Gasteiger partial charge on any atom is -0.466 e. The molecule has 1 aliphatic rings. The molecule has 4 heteroatoms. The Morgan fingerprint density at radius 3 is 2.94 bits per heavy atom. The van der Waals surface area contributed by atoms with Gasteiger partial charge in [0.1, 0.15) is 12.2 Å². The van der Waals surface area contributed by atoms with Crippen molar-refractivity contribution in [2.75, 3.05) is 13.7 Å². The minimum atomic E-state index is -0.393. The minimum absolute atomic E-state index is 0.0136. The second-order valence-corrected chi connectivity index (χ2v) is 3.76. The third kappa shape index (κ3) is 2.72. The third-order valence-electron chi connectivity index (χ3n) is 2.67. The maximum Gasteiger partial charge on any atom is 0.330 e. The summed E-state index contributed by atoms with van der Waals surface area (Å²) in [5.41, 5.74) is 1.88. The number of epoxide rings is 1. The van der Waals surface area contributed by atoms with E-state index >= 15 is 0 Å². The summed E-state index contributed by atoms with van der Waals surface area (Å²) in [7, 11) is 1.34. The van der Waals surface area contributed by atoms with Gasteiger partial charge in [-0.25, -0.2) is 4.79 Å². The number of aliphatic hydroxyl groups is 1. The highest BCUT2D eigenvalue weighted by Gasteiger charge is 2.40. The van der Waals surface area contributed by atoms with Gasteiger partial charge in [0.05, 0.1) is 13.7 Å². The average Bonchev–Trinajstić information content (AvgIpc) is 3.15. The fourth-order valence-electron chi connectivity index (χ4n) is 1.70. The molecule has 0 unspecified atom stereocenters. The van der Waals surface area contributed by atoms with E-state index in [1.807, 2.05) is 24.3 Å². The fraction of sp³-hybridized carbons (Fsp3) is 0.308. The molecule has 1 saturated heterocycles. The number of carbonyl (C=O) groups excluding carboxylic acids is 1. The maximum atomic E-state index is 11.0. The number of hydrogen-bond acceptors (Lipinski definition) is 4. The van der Waals surface area contributed by atoms with Crippen LogP contribution in [-0.2, 0) is 14.3 Å². The lowest BCUT2D eigenvalue weighted by Crippen LogP contribution is -1.97. The molecule has 2 atom stereocenters. The van der Waals surface area contributed by atoms with E-state index in [1.165, 1.54) is 13.2 Å². The van der Waals surface area contributed by atoms with Crippen molar-refractivity contribution in [3.05, 3.63) is 41.5 Å². The number of aliphatic hydroxyl groups excluding tert-OH is 1. The lowest BCUT2D eigenvalue weighted by atomic mass is 10.0. The van der Waals surface area contributed by atoms with Crippen molar-refractivity contribution in [1.82, 2.24) is 0 Å². The Bertz CT molecular complexity index is 439. The molecule has 0 bridgehead atoms. The lowest BCUT2D eigenvalue weighted by Gasteiger charge is -2.01. The Hall–Kier alpha value is -1.65. The molecule has 17 heavy (non-hydrogen) atoms. The quantitative estimate of drug-likeness (QED) is 0.484. The van der Waals surface area contributed by atoms with Crippen LogP contribution in [0.25, 0.3) is 6.08 Å². The second-order valence-electron chi connectivity index (χ2n) is 3.76. The monoisotopic (exact) mass is 234 g/mol. The van der Waals surface area contributed by atoms with Crippen LogP contribution in [0.15, 0.2) is 30.3 Å². The summed E-state index contributed by atoms with van der Waals surface area (Å²) in [5, 5.41) is 8.97. The average molecular weight is 234 g/mol. The van der Waals surface area contributed by atoms with Crippen molar-refractivity contribution in [2.45, 2.75) is 12.2 Å². The molecule has 1 heterocycles. The first kappa shape index (κ1) is 11.8. The molecule has 0 amide bonds. The summed E-state index contributed by atoms with van der Waals surface area (Å²) < 4.78 is 9.86. The molecule has 90 valence electrons. The number of benzene rings is 1. The Labute approximate surface area is 99.5 Å². The topological polar surface area (TPSA) is 59.1 Å². The second kappa shape index (κ2) is 5.12. The van der Waals surface area contributed by atoms with E-state index < -0.39 is 5.97 Å². The molecule has 0 spiro atoms. The van der Waals surface area contributed by atoms with Crippen LogP contribution in [0.3, 0.4) is 0 Å². The van der Waals surface area contributed by atoms with Crippen LogP contribution in [0.4, 0.5) is 0 Å². The van der Waals surface area contributed by atoms with Crippen LogP contribution in [-0.4, -0.2) is 30.9 Å². The molecule has 0 saturated carbocycles. The van der Waals surface area contributed by atoms with E-state index in [-0.39, 0.29) is 18.8 Å². The first-order chi connectivity index (χ1) is 8.26. The van der Waals surface area contributed by atoms with E-state index in [2.05, 4.69) is 4.74 Å². The number of hydrogen-bond donors (Lipinski definition) is 1. The third-order valence-corrected chi connectivity index (χ3v) is 2.67. The molecule has 1 fully saturated rings. The Balaban J connectivity index is 2.17. The maximum absolute atomic E-state index is 11.0. The molecular weight excluding hydrogens is 220 g/mol. The summed E-state index contributed by atoms with van der Waals surface area (Å²) in [6.45, 7) is 0.0136. The number of carbonyl (C=O) groups is 1. The smallest absolute Gasteiger partial charge is 0.330 e. The van der Waals surface area contributed by atoms with E-state index in [1.54, 1.807) is 6.08 Å². The lowest BCUT2D eigenvalue weighted by molar-refractivity contribution is -0.134. The Kier molecular flexibility index (Phi) is 3.56. The van der Waals surface area contributed by atoms with Gasteiger partial charge in [-0.2, -0.15) is 0 Å². The highest BCUT2D eigenvalue weighted by atomic mass is 16.6. The number of ether oxygens (including phenoxy) is 2. The molecule has 1 aromatic rings.